The lowest BCUT2D eigenvalue weighted by atomic mass is 10.1. The van der Waals surface area contributed by atoms with E-state index < -0.39 is 0 Å². The molecule has 0 aliphatic rings. The van der Waals surface area contributed by atoms with Crippen molar-refractivity contribution < 1.29 is 0 Å². The van der Waals surface area contributed by atoms with E-state index in [9.17, 15) is 0 Å². The normalized spacial score (nSPS) is 11.4. The van der Waals surface area contributed by atoms with Crippen LogP contribution in [0.4, 0.5) is 5.95 Å². The molecular weight excluding hydrogens is 394 g/mol. The Bertz CT molecular complexity index is 1380. The third-order valence-electron chi connectivity index (χ3n) is 4.71. The zero-order valence-electron chi connectivity index (χ0n) is 15.8. The predicted molar refractivity (Wildman–Crippen MR) is 123 cm³/mol. The molecule has 6 heteroatoms. The van der Waals surface area contributed by atoms with E-state index in [0.29, 0.717) is 11.0 Å². The molecule has 0 bridgehead atoms. The van der Waals surface area contributed by atoms with Crippen molar-refractivity contribution in [3.05, 3.63) is 95.6 Å². The van der Waals surface area contributed by atoms with E-state index >= 15 is 0 Å². The number of nitrogens with zero attached hydrogens (tertiary/aromatic N) is 4. The first-order valence-corrected chi connectivity index (χ1v) is 9.81. The van der Waals surface area contributed by atoms with Crippen molar-refractivity contribution >= 4 is 45.6 Å². The monoisotopic (exact) mass is 409 g/mol. The van der Waals surface area contributed by atoms with Gasteiger partial charge in [-0.25, -0.2) is 15.4 Å². The minimum Gasteiger partial charge on any atom is -0.256 e. The highest BCUT2D eigenvalue weighted by molar-refractivity contribution is 6.31. The maximum absolute atomic E-state index is 6.21. The number of halogens is 1. The van der Waals surface area contributed by atoms with Crippen LogP contribution in [-0.4, -0.2) is 21.2 Å². The van der Waals surface area contributed by atoms with Crippen LogP contribution in [0.1, 0.15) is 5.56 Å². The number of hydrogen-bond donors (Lipinski definition) is 1. The van der Waals surface area contributed by atoms with Gasteiger partial charge >= 0.3 is 0 Å². The lowest BCUT2D eigenvalue weighted by Gasteiger charge is -2.09. The summed E-state index contributed by atoms with van der Waals surface area (Å²) in [6, 6.07) is 25.5. The van der Waals surface area contributed by atoms with Gasteiger partial charge in [0.1, 0.15) is 0 Å². The van der Waals surface area contributed by atoms with E-state index in [1.165, 1.54) is 0 Å². The topological polar surface area (TPSA) is 63.1 Å². The first kappa shape index (κ1) is 18.2. The standard InChI is InChI=1S/C24H16ClN5/c25-19-9-11-22-20(14-19)23(17-5-2-1-3-6-17)29-24(28-22)30-27-15-16-8-10-21-18(13-16)7-4-12-26-21/h1-15H,(H,28,29,30)/b27-15-. The maximum atomic E-state index is 6.21. The van der Waals surface area contributed by atoms with Crippen molar-refractivity contribution in [2.75, 3.05) is 5.43 Å². The Morgan fingerprint density at radius 1 is 0.833 bits per heavy atom. The van der Waals surface area contributed by atoms with E-state index in [1.807, 2.05) is 78.9 Å². The summed E-state index contributed by atoms with van der Waals surface area (Å²) in [6.45, 7) is 0. The van der Waals surface area contributed by atoms with E-state index in [2.05, 4.69) is 25.5 Å². The average Bonchev–Trinajstić information content (AvgIpc) is 2.79. The Kier molecular flexibility index (Phi) is 4.79. The largest absolute Gasteiger partial charge is 0.256 e. The molecule has 0 fully saturated rings. The van der Waals surface area contributed by atoms with Gasteiger partial charge < -0.3 is 0 Å². The smallest absolute Gasteiger partial charge is 0.244 e. The van der Waals surface area contributed by atoms with E-state index in [0.717, 1.165) is 38.6 Å². The number of anilines is 1. The molecule has 144 valence electrons. The molecule has 5 aromatic rings. The number of benzene rings is 3. The molecule has 5 nitrogen and oxygen atoms in total. The fourth-order valence-electron chi connectivity index (χ4n) is 3.31. The van der Waals surface area contributed by atoms with Crippen LogP contribution in [-0.2, 0) is 0 Å². The summed E-state index contributed by atoms with van der Waals surface area (Å²) in [5, 5.41) is 6.93. The number of fused-ring (bicyclic) bond motifs is 2. The molecule has 2 aromatic heterocycles. The van der Waals surface area contributed by atoms with E-state index in [4.69, 9.17) is 11.6 Å². The molecule has 1 N–H and O–H groups in total. The molecule has 0 atom stereocenters. The number of aromatic nitrogens is 3. The summed E-state index contributed by atoms with van der Waals surface area (Å²) in [6.07, 6.45) is 3.52. The van der Waals surface area contributed by atoms with Crippen LogP contribution in [0.15, 0.2) is 90.2 Å². The second-order valence-electron chi connectivity index (χ2n) is 6.75. The Morgan fingerprint density at radius 3 is 2.60 bits per heavy atom. The van der Waals surface area contributed by atoms with Crippen molar-refractivity contribution in [3.8, 4) is 11.3 Å². The number of hydrazone groups is 1. The molecule has 0 saturated carbocycles. The Labute approximate surface area is 178 Å². The maximum Gasteiger partial charge on any atom is 0.244 e. The fourth-order valence-corrected chi connectivity index (χ4v) is 3.48. The Balaban J connectivity index is 1.49. The molecule has 0 aliphatic heterocycles. The van der Waals surface area contributed by atoms with Crippen molar-refractivity contribution in [2.45, 2.75) is 0 Å². The number of hydrogen-bond acceptors (Lipinski definition) is 5. The molecule has 2 heterocycles. The molecule has 5 rings (SSSR count). The first-order valence-electron chi connectivity index (χ1n) is 9.43. The zero-order valence-corrected chi connectivity index (χ0v) is 16.6. The summed E-state index contributed by atoms with van der Waals surface area (Å²) < 4.78 is 0. The minimum atomic E-state index is 0.419. The molecular formula is C24H16ClN5. The van der Waals surface area contributed by atoms with Gasteiger partial charge in [-0.3, -0.25) is 4.98 Å². The molecule has 30 heavy (non-hydrogen) atoms. The summed E-state index contributed by atoms with van der Waals surface area (Å²) >= 11 is 6.21. The van der Waals surface area contributed by atoms with Crippen molar-refractivity contribution in [1.29, 1.82) is 0 Å². The first-order chi connectivity index (χ1) is 14.8. The van der Waals surface area contributed by atoms with Crippen LogP contribution in [0.3, 0.4) is 0 Å². The van der Waals surface area contributed by atoms with Gasteiger partial charge in [0.05, 0.1) is 22.9 Å². The van der Waals surface area contributed by atoms with Crippen LogP contribution in [0.25, 0.3) is 33.1 Å². The number of nitrogens with one attached hydrogen (secondary N) is 1. The van der Waals surface area contributed by atoms with Gasteiger partial charge in [0.25, 0.3) is 0 Å². The number of rotatable bonds is 4. The SMILES string of the molecule is Clc1ccc2nc(N/N=C\c3ccc4ncccc4c3)nc(-c3ccccc3)c2c1. The predicted octanol–water partition coefficient (Wildman–Crippen LogP) is 5.94. The van der Waals surface area contributed by atoms with Crippen LogP contribution < -0.4 is 5.43 Å². The third kappa shape index (κ3) is 3.71. The minimum absolute atomic E-state index is 0.419. The summed E-state index contributed by atoms with van der Waals surface area (Å²) in [4.78, 5) is 13.6. The van der Waals surface area contributed by atoms with Crippen LogP contribution >= 0.6 is 11.6 Å². The molecule has 0 unspecified atom stereocenters. The Morgan fingerprint density at radius 2 is 1.70 bits per heavy atom. The molecule has 0 aliphatic carbocycles. The van der Waals surface area contributed by atoms with Gasteiger partial charge in [-0.2, -0.15) is 5.10 Å². The van der Waals surface area contributed by atoms with Crippen molar-refractivity contribution in [3.63, 3.8) is 0 Å². The highest BCUT2D eigenvalue weighted by Gasteiger charge is 2.10. The second-order valence-corrected chi connectivity index (χ2v) is 7.19. The molecule has 0 radical (unpaired) electrons. The van der Waals surface area contributed by atoms with Crippen molar-refractivity contribution in [1.82, 2.24) is 15.0 Å². The van der Waals surface area contributed by atoms with Gasteiger partial charge in [-0.05, 0) is 42.0 Å². The lowest BCUT2D eigenvalue weighted by Crippen LogP contribution is -2.00. The quantitative estimate of drug-likeness (QED) is 0.294. The van der Waals surface area contributed by atoms with Crippen molar-refractivity contribution in [2.24, 2.45) is 5.10 Å². The highest BCUT2D eigenvalue weighted by Crippen LogP contribution is 2.29. The third-order valence-corrected chi connectivity index (χ3v) is 4.95. The summed E-state index contributed by atoms with van der Waals surface area (Å²) in [5.41, 5.74) is 7.45. The fraction of sp³-hybridized carbons (Fsp3) is 0. The molecule has 0 spiro atoms. The molecule has 3 aromatic carbocycles. The summed E-state index contributed by atoms with van der Waals surface area (Å²) in [7, 11) is 0. The van der Waals surface area contributed by atoms with Gasteiger partial charge in [0, 0.05) is 27.6 Å². The zero-order chi connectivity index (χ0) is 20.3. The van der Waals surface area contributed by atoms with Crippen LogP contribution in [0, 0.1) is 0 Å². The van der Waals surface area contributed by atoms with Gasteiger partial charge in [0.15, 0.2) is 0 Å². The van der Waals surface area contributed by atoms with Gasteiger partial charge in [0.2, 0.25) is 5.95 Å². The Hall–Kier alpha value is -3.83. The lowest BCUT2D eigenvalue weighted by molar-refractivity contribution is 1.16. The van der Waals surface area contributed by atoms with Crippen LogP contribution in [0.2, 0.25) is 5.02 Å². The summed E-state index contributed by atoms with van der Waals surface area (Å²) in [5.74, 6) is 0.419. The average molecular weight is 410 g/mol. The van der Waals surface area contributed by atoms with Gasteiger partial charge in [-0.15, -0.1) is 0 Å². The van der Waals surface area contributed by atoms with Gasteiger partial charge in [-0.1, -0.05) is 54.1 Å². The van der Waals surface area contributed by atoms with E-state index in [-0.39, 0.29) is 0 Å². The van der Waals surface area contributed by atoms with Crippen LogP contribution in [0.5, 0.6) is 0 Å². The second kappa shape index (κ2) is 7.89. The highest BCUT2D eigenvalue weighted by atomic mass is 35.5. The van der Waals surface area contributed by atoms with E-state index in [1.54, 1.807) is 12.4 Å². The molecule has 0 saturated heterocycles. The molecule has 0 amide bonds. The number of pyridine rings is 1.